The van der Waals surface area contributed by atoms with Gasteiger partial charge in [0.15, 0.2) is 5.78 Å². The molecule has 1 heterocycles. The fourth-order valence-corrected chi connectivity index (χ4v) is 2.05. The molecule has 0 aliphatic rings. The monoisotopic (exact) mass is 288 g/mol. The summed E-state index contributed by atoms with van der Waals surface area (Å²) in [6.45, 7) is 6.41. The van der Waals surface area contributed by atoms with Crippen molar-refractivity contribution in [3.63, 3.8) is 0 Å². The Kier molecular flexibility index (Phi) is 4.85. The highest BCUT2D eigenvalue weighted by Gasteiger charge is 2.31. The van der Waals surface area contributed by atoms with Crippen molar-refractivity contribution in [2.24, 2.45) is 0 Å². The molecule has 0 radical (unpaired) electrons. The van der Waals surface area contributed by atoms with E-state index in [2.05, 4.69) is 10.1 Å². The third-order valence-corrected chi connectivity index (χ3v) is 3.49. The van der Waals surface area contributed by atoms with E-state index in [1.165, 1.54) is 0 Å². The number of carbonyl (C=O) groups is 1. The molecule has 0 spiro atoms. The van der Waals surface area contributed by atoms with Gasteiger partial charge >= 0.3 is 0 Å². The van der Waals surface area contributed by atoms with Crippen LogP contribution < -0.4 is 0 Å². The summed E-state index contributed by atoms with van der Waals surface area (Å²) in [5, 5.41) is 3.96. The summed E-state index contributed by atoms with van der Waals surface area (Å²) in [6, 6.07) is 9.08. The summed E-state index contributed by atoms with van der Waals surface area (Å²) in [7, 11) is 0. The van der Waals surface area contributed by atoms with Gasteiger partial charge in [-0.05, 0) is 20.3 Å². The van der Waals surface area contributed by atoms with Crippen molar-refractivity contribution in [3.05, 3.63) is 47.6 Å². The number of rotatable bonds is 7. The van der Waals surface area contributed by atoms with E-state index in [1.54, 1.807) is 12.1 Å². The Balaban J connectivity index is 2.12. The van der Waals surface area contributed by atoms with Crippen molar-refractivity contribution in [1.29, 1.82) is 0 Å². The predicted octanol–water partition coefficient (Wildman–Crippen LogP) is 3.16. The summed E-state index contributed by atoms with van der Waals surface area (Å²) < 4.78 is 10.9. The van der Waals surface area contributed by atoms with E-state index in [4.69, 9.17) is 9.26 Å². The summed E-state index contributed by atoms with van der Waals surface area (Å²) in [5.41, 5.74) is 0.0621. The van der Waals surface area contributed by atoms with E-state index >= 15 is 0 Å². The van der Waals surface area contributed by atoms with Gasteiger partial charge in [-0.2, -0.15) is 4.98 Å². The van der Waals surface area contributed by atoms with Crippen molar-refractivity contribution in [2.45, 2.75) is 39.2 Å². The summed E-state index contributed by atoms with van der Waals surface area (Å²) in [4.78, 5) is 16.4. The number of hydrogen-bond acceptors (Lipinski definition) is 5. The minimum absolute atomic E-state index is 0.0413. The lowest BCUT2D eigenvalue weighted by Crippen LogP contribution is -2.26. The van der Waals surface area contributed by atoms with E-state index < -0.39 is 5.60 Å². The summed E-state index contributed by atoms with van der Waals surface area (Å²) >= 11 is 0. The third-order valence-electron chi connectivity index (χ3n) is 3.49. The van der Waals surface area contributed by atoms with Crippen molar-refractivity contribution in [3.8, 4) is 0 Å². The van der Waals surface area contributed by atoms with Gasteiger partial charge in [0, 0.05) is 12.2 Å². The fraction of sp³-hybridized carbons (Fsp3) is 0.438. The van der Waals surface area contributed by atoms with Gasteiger partial charge in [0.1, 0.15) is 5.60 Å². The van der Waals surface area contributed by atoms with Crippen LogP contribution in [0, 0.1) is 0 Å². The lowest BCUT2D eigenvalue weighted by molar-refractivity contribution is -0.0403. The highest BCUT2D eigenvalue weighted by atomic mass is 16.5. The molecule has 0 aliphatic heterocycles. The first-order chi connectivity index (χ1) is 10.1. The molecule has 1 atom stereocenters. The molecule has 5 heteroatoms. The van der Waals surface area contributed by atoms with Gasteiger partial charge in [0.2, 0.25) is 11.7 Å². The van der Waals surface area contributed by atoms with Crippen LogP contribution in [0.25, 0.3) is 0 Å². The van der Waals surface area contributed by atoms with E-state index in [0.29, 0.717) is 23.9 Å². The average Bonchev–Trinajstić information content (AvgIpc) is 2.97. The Morgan fingerprint density at radius 2 is 2.00 bits per heavy atom. The highest BCUT2D eigenvalue weighted by molar-refractivity contribution is 5.96. The molecule has 5 nitrogen and oxygen atoms in total. The molecule has 2 aromatic rings. The lowest BCUT2D eigenvalue weighted by Gasteiger charge is -2.23. The zero-order chi connectivity index (χ0) is 15.3. The molecule has 112 valence electrons. The maximum atomic E-state index is 12.1. The zero-order valence-electron chi connectivity index (χ0n) is 12.6. The van der Waals surface area contributed by atoms with E-state index in [1.807, 2.05) is 39.0 Å². The van der Waals surface area contributed by atoms with Crippen LogP contribution in [0.3, 0.4) is 0 Å². The smallest absolute Gasteiger partial charge is 0.234 e. The highest BCUT2D eigenvalue weighted by Crippen LogP contribution is 2.26. The molecule has 0 aliphatic carbocycles. The largest absolute Gasteiger partial charge is 0.367 e. The van der Waals surface area contributed by atoms with Crippen molar-refractivity contribution < 1.29 is 14.1 Å². The normalized spacial score (nSPS) is 13.9. The maximum Gasteiger partial charge on any atom is 0.234 e. The van der Waals surface area contributed by atoms with E-state index in [0.717, 1.165) is 6.42 Å². The van der Waals surface area contributed by atoms with Gasteiger partial charge in [-0.3, -0.25) is 4.79 Å². The van der Waals surface area contributed by atoms with Crippen LogP contribution in [0.4, 0.5) is 0 Å². The fourth-order valence-electron chi connectivity index (χ4n) is 2.05. The number of ether oxygens (including phenoxy) is 1. The van der Waals surface area contributed by atoms with Crippen LogP contribution in [0.1, 0.15) is 49.3 Å². The number of hydrogen-bond donors (Lipinski definition) is 0. The van der Waals surface area contributed by atoms with E-state index in [-0.39, 0.29) is 12.2 Å². The molecule has 1 aromatic carbocycles. The standard InChI is InChI=1S/C16H20N2O3/c1-4-16(3,20-5-2)15-17-14(21-18-15)11-13(19)12-9-7-6-8-10-12/h6-10H,4-5,11H2,1-3H3. The van der Waals surface area contributed by atoms with Crippen LogP contribution in [0.5, 0.6) is 0 Å². The number of aromatic nitrogens is 2. The van der Waals surface area contributed by atoms with Crippen LogP contribution in [-0.4, -0.2) is 22.5 Å². The molecule has 2 rings (SSSR count). The first-order valence-electron chi connectivity index (χ1n) is 7.14. The van der Waals surface area contributed by atoms with Crippen LogP contribution in [0.2, 0.25) is 0 Å². The topological polar surface area (TPSA) is 65.2 Å². The molecule has 0 N–H and O–H groups in total. The number of ketones is 1. The Labute approximate surface area is 124 Å². The SMILES string of the molecule is CCOC(C)(CC)c1noc(CC(=O)c2ccccc2)n1. The average molecular weight is 288 g/mol. The van der Waals surface area contributed by atoms with Gasteiger partial charge in [-0.1, -0.05) is 42.4 Å². The predicted molar refractivity (Wildman–Crippen MR) is 78.0 cm³/mol. The second-order valence-corrected chi connectivity index (χ2v) is 5.00. The molecule has 0 bridgehead atoms. The Hall–Kier alpha value is -2.01. The first-order valence-corrected chi connectivity index (χ1v) is 7.14. The Morgan fingerprint density at radius 1 is 1.29 bits per heavy atom. The Morgan fingerprint density at radius 3 is 2.62 bits per heavy atom. The molecule has 21 heavy (non-hydrogen) atoms. The second-order valence-electron chi connectivity index (χ2n) is 5.00. The van der Waals surface area contributed by atoms with Gasteiger partial charge in [-0.25, -0.2) is 0 Å². The molecule has 0 saturated heterocycles. The molecular formula is C16H20N2O3. The zero-order valence-corrected chi connectivity index (χ0v) is 12.6. The molecule has 1 aromatic heterocycles. The van der Waals surface area contributed by atoms with Gasteiger partial charge in [-0.15, -0.1) is 0 Å². The number of Topliss-reactive ketones (excluding diaryl/α,β-unsaturated/α-hetero) is 1. The summed E-state index contributed by atoms with van der Waals surface area (Å²) in [6.07, 6.45) is 0.829. The van der Waals surface area contributed by atoms with Gasteiger partial charge in [0.25, 0.3) is 0 Å². The Bertz CT molecular complexity index is 595. The van der Waals surface area contributed by atoms with Gasteiger partial charge < -0.3 is 9.26 Å². The molecule has 0 fully saturated rings. The second kappa shape index (κ2) is 6.63. The van der Waals surface area contributed by atoms with E-state index in [9.17, 15) is 4.79 Å². The first kappa shape index (κ1) is 15.4. The van der Waals surface area contributed by atoms with Crippen LogP contribution in [0.15, 0.2) is 34.9 Å². The quantitative estimate of drug-likeness (QED) is 0.732. The number of benzene rings is 1. The molecule has 0 saturated carbocycles. The molecular weight excluding hydrogens is 268 g/mol. The number of nitrogens with zero attached hydrogens (tertiary/aromatic N) is 2. The van der Waals surface area contributed by atoms with Gasteiger partial charge in [0.05, 0.1) is 6.42 Å². The lowest BCUT2D eigenvalue weighted by atomic mass is 10.0. The number of carbonyl (C=O) groups excluding carboxylic acids is 1. The summed E-state index contributed by atoms with van der Waals surface area (Å²) in [5.74, 6) is 0.765. The van der Waals surface area contributed by atoms with Crippen LogP contribution in [-0.2, 0) is 16.8 Å². The third kappa shape index (κ3) is 3.55. The van der Waals surface area contributed by atoms with Crippen LogP contribution >= 0.6 is 0 Å². The van der Waals surface area contributed by atoms with Crippen molar-refractivity contribution >= 4 is 5.78 Å². The minimum atomic E-state index is -0.577. The molecule has 1 unspecified atom stereocenters. The van der Waals surface area contributed by atoms with Crippen molar-refractivity contribution in [1.82, 2.24) is 10.1 Å². The van der Waals surface area contributed by atoms with Crippen molar-refractivity contribution in [2.75, 3.05) is 6.61 Å². The maximum absolute atomic E-state index is 12.1. The minimum Gasteiger partial charge on any atom is -0.367 e. The molecule has 0 amide bonds.